The molecule has 0 radical (unpaired) electrons. The maximum absolute atomic E-state index is 5.51. The summed E-state index contributed by atoms with van der Waals surface area (Å²) < 4.78 is 10.8. The second-order valence-electron chi connectivity index (χ2n) is 3.19. The van der Waals surface area contributed by atoms with Gasteiger partial charge in [0.25, 0.3) is 0 Å². The summed E-state index contributed by atoms with van der Waals surface area (Å²) in [6, 6.07) is 0.165. The molecule has 0 rings (SSSR count). The van der Waals surface area contributed by atoms with Gasteiger partial charge in [0, 0.05) is 12.1 Å². The Labute approximate surface area is 76.1 Å². The summed E-state index contributed by atoms with van der Waals surface area (Å²) in [5.74, 6) is 0. The van der Waals surface area contributed by atoms with Crippen LogP contribution in [-0.4, -0.2) is 34.6 Å². The van der Waals surface area contributed by atoms with Gasteiger partial charge in [0.2, 0.25) is 0 Å². The van der Waals surface area contributed by atoms with E-state index in [2.05, 4.69) is 0 Å². The second kappa shape index (κ2) is 6.56. The van der Waals surface area contributed by atoms with Crippen molar-refractivity contribution in [1.82, 2.24) is 0 Å². The molecule has 2 atom stereocenters. The molecule has 0 saturated heterocycles. The van der Waals surface area contributed by atoms with E-state index in [-0.39, 0.29) is 12.1 Å². The normalized spacial score (nSPS) is 18.8. The van der Waals surface area contributed by atoms with Crippen molar-refractivity contribution < 1.29 is 8.85 Å². The van der Waals surface area contributed by atoms with Gasteiger partial charge in [0.15, 0.2) is 0 Å². The lowest BCUT2D eigenvalue weighted by Crippen LogP contribution is -2.32. The van der Waals surface area contributed by atoms with Crippen LogP contribution in [0.3, 0.4) is 0 Å². The first-order valence-electron chi connectivity index (χ1n) is 4.26. The van der Waals surface area contributed by atoms with Crippen molar-refractivity contribution in [2.75, 3.05) is 13.2 Å². The lowest BCUT2D eigenvalue weighted by atomic mass is 10.4. The zero-order chi connectivity index (χ0) is 9.56. The van der Waals surface area contributed by atoms with E-state index in [1.54, 1.807) is 0 Å². The van der Waals surface area contributed by atoms with Gasteiger partial charge in [-0.05, 0) is 20.4 Å². The van der Waals surface area contributed by atoms with Gasteiger partial charge in [-0.2, -0.15) is 0 Å². The summed E-state index contributed by atoms with van der Waals surface area (Å²) in [5.41, 5.74) is 11.0. The summed E-state index contributed by atoms with van der Waals surface area (Å²) in [6.07, 6.45) is 0. The van der Waals surface area contributed by atoms with Gasteiger partial charge in [-0.1, -0.05) is 0 Å². The molecule has 0 saturated carbocycles. The van der Waals surface area contributed by atoms with Gasteiger partial charge in [-0.3, -0.25) is 0 Å². The maximum Gasteiger partial charge on any atom is 0.318 e. The first-order chi connectivity index (χ1) is 5.52. The number of hydrogen-bond acceptors (Lipinski definition) is 4. The molecule has 2 unspecified atom stereocenters. The van der Waals surface area contributed by atoms with Gasteiger partial charge >= 0.3 is 9.28 Å². The van der Waals surface area contributed by atoms with Crippen LogP contribution in [0.2, 0.25) is 6.55 Å². The van der Waals surface area contributed by atoms with Crippen molar-refractivity contribution in [2.45, 2.75) is 32.5 Å². The molecule has 0 heterocycles. The Kier molecular flexibility index (Phi) is 6.59. The van der Waals surface area contributed by atoms with Crippen molar-refractivity contribution >= 4 is 9.28 Å². The van der Waals surface area contributed by atoms with E-state index >= 15 is 0 Å². The van der Waals surface area contributed by atoms with Gasteiger partial charge in [0.05, 0.1) is 13.2 Å². The van der Waals surface area contributed by atoms with E-state index in [9.17, 15) is 0 Å². The summed E-state index contributed by atoms with van der Waals surface area (Å²) >= 11 is 0. The molecule has 0 aliphatic heterocycles. The predicted octanol–water partition coefficient (Wildman–Crippen LogP) is -0.436. The van der Waals surface area contributed by atoms with E-state index in [0.717, 1.165) is 0 Å². The molecule has 74 valence electrons. The Balaban J connectivity index is 3.27. The second-order valence-corrected chi connectivity index (χ2v) is 4.99. The molecular weight excluding hydrogens is 172 g/mol. The zero-order valence-electron chi connectivity index (χ0n) is 8.12. The Morgan fingerprint density at radius 2 is 1.42 bits per heavy atom. The van der Waals surface area contributed by atoms with Crippen LogP contribution in [0.25, 0.3) is 0 Å². The van der Waals surface area contributed by atoms with Crippen molar-refractivity contribution in [2.24, 2.45) is 11.5 Å². The van der Waals surface area contributed by atoms with Crippen LogP contribution in [0.4, 0.5) is 0 Å². The van der Waals surface area contributed by atoms with Crippen LogP contribution in [0.1, 0.15) is 13.8 Å². The Bertz CT molecular complexity index is 99.6. The molecule has 0 bridgehead atoms. The van der Waals surface area contributed by atoms with Crippen molar-refractivity contribution in [3.63, 3.8) is 0 Å². The molecule has 0 aliphatic carbocycles. The van der Waals surface area contributed by atoms with Crippen LogP contribution in [0, 0.1) is 0 Å². The molecule has 12 heavy (non-hydrogen) atoms. The van der Waals surface area contributed by atoms with E-state index < -0.39 is 9.28 Å². The monoisotopic (exact) mass is 192 g/mol. The minimum Gasteiger partial charge on any atom is -0.395 e. The fraction of sp³-hybridized carbons (Fsp3) is 1.00. The molecule has 0 aromatic heterocycles. The average Bonchev–Trinajstić information content (AvgIpc) is 1.96. The SMILES string of the molecule is CC(N)CO[SiH](C)OCC(C)N. The summed E-state index contributed by atoms with van der Waals surface area (Å²) in [4.78, 5) is 0. The van der Waals surface area contributed by atoms with Gasteiger partial charge < -0.3 is 20.3 Å². The highest BCUT2D eigenvalue weighted by Crippen LogP contribution is 1.91. The molecular formula is C7H20N2O2Si. The van der Waals surface area contributed by atoms with E-state index in [0.29, 0.717) is 13.2 Å². The fourth-order valence-electron chi connectivity index (χ4n) is 0.623. The van der Waals surface area contributed by atoms with Gasteiger partial charge in [0.1, 0.15) is 0 Å². The quantitative estimate of drug-likeness (QED) is 0.560. The molecule has 0 amide bonds. The summed E-state index contributed by atoms with van der Waals surface area (Å²) in [5, 5.41) is 0. The minimum atomic E-state index is -1.47. The van der Waals surface area contributed by atoms with Crippen LogP contribution in [-0.2, 0) is 8.85 Å². The van der Waals surface area contributed by atoms with Crippen molar-refractivity contribution in [3.05, 3.63) is 0 Å². The molecule has 4 nitrogen and oxygen atoms in total. The largest absolute Gasteiger partial charge is 0.395 e. The molecule has 0 spiro atoms. The third-order valence-corrected chi connectivity index (χ3v) is 2.51. The third-order valence-electron chi connectivity index (χ3n) is 1.19. The highest BCUT2D eigenvalue weighted by atomic mass is 28.3. The maximum atomic E-state index is 5.51. The molecule has 0 fully saturated rings. The van der Waals surface area contributed by atoms with E-state index in [4.69, 9.17) is 20.3 Å². The Morgan fingerprint density at radius 1 is 1.08 bits per heavy atom. The lowest BCUT2D eigenvalue weighted by Gasteiger charge is -2.15. The van der Waals surface area contributed by atoms with Crippen molar-refractivity contribution in [3.8, 4) is 0 Å². The number of nitrogens with two attached hydrogens (primary N) is 2. The van der Waals surface area contributed by atoms with Crippen LogP contribution in [0.5, 0.6) is 0 Å². The highest BCUT2D eigenvalue weighted by molar-refractivity contribution is 6.42. The van der Waals surface area contributed by atoms with Crippen LogP contribution >= 0.6 is 0 Å². The molecule has 4 N–H and O–H groups in total. The Hall–Kier alpha value is 0.0569. The molecule has 0 aromatic carbocycles. The van der Waals surface area contributed by atoms with E-state index in [1.165, 1.54) is 0 Å². The summed E-state index contributed by atoms with van der Waals surface area (Å²) in [7, 11) is -1.47. The van der Waals surface area contributed by atoms with Crippen LogP contribution < -0.4 is 11.5 Å². The molecule has 5 heteroatoms. The topological polar surface area (TPSA) is 70.5 Å². The fourth-order valence-corrected chi connectivity index (χ4v) is 1.87. The third kappa shape index (κ3) is 8.16. The molecule has 0 aliphatic rings. The predicted molar refractivity (Wildman–Crippen MR) is 52.2 cm³/mol. The van der Waals surface area contributed by atoms with Gasteiger partial charge in [-0.25, -0.2) is 0 Å². The standard InChI is InChI=1S/C7H20N2O2Si/c1-6(8)4-10-12(3)11-5-7(2)9/h6-7,12H,4-5,8-9H2,1-3H3. The van der Waals surface area contributed by atoms with Gasteiger partial charge in [-0.15, -0.1) is 0 Å². The first-order valence-corrected chi connectivity index (χ1v) is 6.36. The number of hydrogen-bond donors (Lipinski definition) is 2. The first kappa shape index (κ1) is 12.1. The smallest absolute Gasteiger partial charge is 0.318 e. The lowest BCUT2D eigenvalue weighted by molar-refractivity contribution is 0.187. The summed E-state index contributed by atoms with van der Waals surface area (Å²) in [6.45, 7) is 6.95. The minimum absolute atomic E-state index is 0.0823. The molecule has 0 aromatic rings. The Morgan fingerprint density at radius 3 is 1.67 bits per heavy atom. The highest BCUT2D eigenvalue weighted by Gasteiger charge is 2.07. The van der Waals surface area contributed by atoms with Crippen molar-refractivity contribution in [1.29, 1.82) is 0 Å². The number of rotatable bonds is 6. The zero-order valence-corrected chi connectivity index (χ0v) is 9.27. The van der Waals surface area contributed by atoms with E-state index in [1.807, 2.05) is 20.4 Å². The average molecular weight is 192 g/mol. The van der Waals surface area contributed by atoms with Crippen LogP contribution in [0.15, 0.2) is 0 Å².